The van der Waals surface area contributed by atoms with Crippen LogP contribution < -0.4 is 10.9 Å². The van der Waals surface area contributed by atoms with Gasteiger partial charge in [-0.2, -0.15) is 0 Å². The molecule has 2 aromatic heterocycles. The molecule has 1 amide bonds. The Bertz CT molecular complexity index is 1030. The van der Waals surface area contributed by atoms with Gasteiger partial charge in [-0.3, -0.25) is 14.2 Å². The minimum absolute atomic E-state index is 0.0748. The van der Waals surface area contributed by atoms with Crippen molar-refractivity contribution in [3.8, 4) is 0 Å². The minimum atomic E-state index is -0.141. The molecule has 3 aromatic rings. The monoisotopic (exact) mass is 397 g/mol. The van der Waals surface area contributed by atoms with E-state index in [1.54, 1.807) is 25.4 Å². The van der Waals surface area contributed by atoms with Gasteiger partial charge >= 0.3 is 0 Å². The van der Waals surface area contributed by atoms with Gasteiger partial charge in [0.2, 0.25) is 5.91 Å². The van der Waals surface area contributed by atoms with Gasteiger partial charge in [0.15, 0.2) is 5.16 Å². The maximum Gasteiger partial charge on any atom is 0.257 e. The third-order valence-corrected chi connectivity index (χ3v) is 5.58. The number of carbonyl (C=O) groups excluding carboxylic acids is 1. The van der Waals surface area contributed by atoms with Crippen molar-refractivity contribution in [2.45, 2.75) is 32.0 Å². The van der Waals surface area contributed by atoms with E-state index >= 15 is 0 Å². The van der Waals surface area contributed by atoms with Crippen LogP contribution in [-0.4, -0.2) is 21.2 Å². The standard InChI is InChI=1S/C21H23N3O3S/c1-14-7-4-5-8-16(14)11-18-15(2)23-21(24(3)20(18)26)28-13-19(25)22-12-17-9-6-10-27-17/h4-10H,11-13H2,1-3H3,(H,22,25). The van der Waals surface area contributed by atoms with Crippen molar-refractivity contribution < 1.29 is 9.21 Å². The second kappa shape index (κ2) is 8.93. The molecule has 0 spiro atoms. The van der Waals surface area contributed by atoms with Gasteiger partial charge < -0.3 is 9.73 Å². The molecule has 0 atom stereocenters. The molecule has 0 fully saturated rings. The Morgan fingerprint density at radius 3 is 2.71 bits per heavy atom. The van der Waals surface area contributed by atoms with Crippen molar-refractivity contribution in [3.63, 3.8) is 0 Å². The Balaban J connectivity index is 1.68. The van der Waals surface area contributed by atoms with Crippen molar-refractivity contribution in [3.05, 3.63) is 81.2 Å². The molecule has 0 aliphatic heterocycles. The zero-order chi connectivity index (χ0) is 20.1. The lowest BCUT2D eigenvalue weighted by Crippen LogP contribution is -2.28. The van der Waals surface area contributed by atoms with Crippen molar-refractivity contribution in [2.75, 3.05) is 5.75 Å². The van der Waals surface area contributed by atoms with Gasteiger partial charge in [0.25, 0.3) is 5.56 Å². The van der Waals surface area contributed by atoms with Crippen LogP contribution >= 0.6 is 11.8 Å². The fourth-order valence-corrected chi connectivity index (χ4v) is 3.68. The smallest absolute Gasteiger partial charge is 0.257 e. The van der Waals surface area contributed by atoms with Crippen LogP contribution in [0.1, 0.15) is 28.1 Å². The van der Waals surface area contributed by atoms with Crippen LogP contribution in [0.15, 0.2) is 57.0 Å². The summed E-state index contributed by atoms with van der Waals surface area (Å²) in [6, 6.07) is 11.6. The maximum absolute atomic E-state index is 12.8. The number of nitrogens with zero attached hydrogens (tertiary/aromatic N) is 2. The Morgan fingerprint density at radius 2 is 2.00 bits per heavy atom. The highest BCUT2D eigenvalue weighted by Crippen LogP contribution is 2.17. The number of carbonyl (C=O) groups is 1. The zero-order valence-electron chi connectivity index (χ0n) is 16.2. The van der Waals surface area contributed by atoms with E-state index in [4.69, 9.17) is 4.42 Å². The number of benzene rings is 1. The van der Waals surface area contributed by atoms with Crippen molar-refractivity contribution in [2.24, 2.45) is 7.05 Å². The first-order valence-corrected chi connectivity index (χ1v) is 9.97. The summed E-state index contributed by atoms with van der Waals surface area (Å²) in [5.41, 5.74) is 3.57. The molecule has 0 aliphatic rings. The minimum Gasteiger partial charge on any atom is -0.467 e. The predicted molar refractivity (Wildman–Crippen MR) is 109 cm³/mol. The molecule has 0 unspecified atom stereocenters. The van der Waals surface area contributed by atoms with E-state index < -0.39 is 0 Å². The number of rotatable bonds is 7. The van der Waals surface area contributed by atoms with E-state index in [0.717, 1.165) is 11.1 Å². The summed E-state index contributed by atoms with van der Waals surface area (Å²) in [5, 5.41) is 3.32. The molecule has 2 heterocycles. The average Bonchev–Trinajstić information content (AvgIpc) is 3.20. The number of thioether (sulfide) groups is 1. The Kier molecular flexibility index (Phi) is 6.36. The summed E-state index contributed by atoms with van der Waals surface area (Å²) in [4.78, 5) is 29.5. The number of furan rings is 1. The number of aryl methyl sites for hydroxylation is 2. The molecule has 6 nitrogen and oxygen atoms in total. The molecule has 7 heteroatoms. The Labute approximate surface area is 168 Å². The molecule has 3 rings (SSSR count). The van der Waals surface area contributed by atoms with Gasteiger partial charge in [-0.1, -0.05) is 36.0 Å². The van der Waals surface area contributed by atoms with Gasteiger partial charge in [0.1, 0.15) is 5.76 Å². The van der Waals surface area contributed by atoms with Crippen LogP contribution in [0.4, 0.5) is 0 Å². The summed E-state index contributed by atoms with van der Waals surface area (Å²) in [6.07, 6.45) is 2.12. The van der Waals surface area contributed by atoms with Gasteiger partial charge in [-0.25, -0.2) is 4.98 Å². The fraction of sp³-hybridized carbons (Fsp3) is 0.286. The van der Waals surface area contributed by atoms with E-state index in [2.05, 4.69) is 10.3 Å². The molecular weight excluding hydrogens is 374 g/mol. The van der Waals surface area contributed by atoms with Crippen molar-refractivity contribution in [1.29, 1.82) is 0 Å². The highest BCUT2D eigenvalue weighted by Gasteiger charge is 2.15. The molecule has 0 aliphatic carbocycles. The summed E-state index contributed by atoms with van der Waals surface area (Å²) < 4.78 is 6.71. The second-order valence-electron chi connectivity index (χ2n) is 6.57. The van der Waals surface area contributed by atoms with Crippen LogP contribution in [0.5, 0.6) is 0 Å². The predicted octanol–water partition coefficient (Wildman–Crippen LogP) is 2.99. The molecule has 1 aromatic carbocycles. The lowest BCUT2D eigenvalue weighted by molar-refractivity contribution is -0.118. The topological polar surface area (TPSA) is 77.1 Å². The largest absolute Gasteiger partial charge is 0.467 e. The molecule has 0 bridgehead atoms. The fourth-order valence-electron chi connectivity index (χ4n) is 2.84. The van der Waals surface area contributed by atoms with E-state index in [1.807, 2.05) is 38.1 Å². The van der Waals surface area contributed by atoms with Crippen LogP contribution in [0, 0.1) is 13.8 Å². The number of aromatic nitrogens is 2. The summed E-state index contributed by atoms with van der Waals surface area (Å²) in [6.45, 7) is 4.22. The van der Waals surface area contributed by atoms with E-state index in [0.29, 0.717) is 35.1 Å². The number of hydrogen-bond acceptors (Lipinski definition) is 5. The second-order valence-corrected chi connectivity index (χ2v) is 7.51. The van der Waals surface area contributed by atoms with Gasteiger partial charge in [-0.05, 0) is 37.1 Å². The Hall–Kier alpha value is -2.80. The van der Waals surface area contributed by atoms with Crippen molar-refractivity contribution in [1.82, 2.24) is 14.9 Å². The lowest BCUT2D eigenvalue weighted by atomic mass is 10.0. The Morgan fingerprint density at radius 1 is 1.21 bits per heavy atom. The lowest BCUT2D eigenvalue weighted by Gasteiger charge is -2.13. The highest BCUT2D eigenvalue weighted by atomic mass is 32.2. The molecule has 146 valence electrons. The first kappa shape index (κ1) is 19.9. The number of amides is 1. The average molecular weight is 398 g/mol. The third-order valence-electron chi connectivity index (χ3n) is 4.55. The number of hydrogen-bond donors (Lipinski definition) is 1. The van der Waals surface area contributed by atoms with Gasteiger partial charge in [0.05, 0.1) is 18.6 Å². The molecule has 1 N–H and O–H groups in total. The first-order chi connectivity index (χ1) is 13.5. The zero-order valence-corrected chi connectivity index (χ0v) is 17.0. The van der Waals surface area contributed by atoms with Gasteiger partial charge in [0, 0.05) is 24.7 Å². The first-order valence-electron chi connectivity index (χ1n) is 8.98. The molecular formula is C21H23N3O3S. The third kappa shape index (κ3) is 4.72. The summed E-state index contributed by atoms with van der Waals surface area (Å²) in [5.74, 6) is 0.731. The normalized spacial score (nSPS) is 10.8. The van der Waals surface area contributed by atoms with E-state index in [-0.39, 0.29) is 17.2 Å². The molecule has 28 heavy (non-hydrogen) atoms. The molecule has 0 saturated carbocycles. The molecule has 0 saturated heterocycles. The van der Waals surface area contributed by atoms with Crippen LogP contribution in [0.25, 0.3) is 0 Å². The van der Waals surface area contributed by atoms with E-state index in [1.165, 1.54) is 16.3 Å². The SMILES string of the molecule is Cc1ccccc1Cc1c(C)nc(SCC(=O)NCc2ccco2)n(C)c1=O. The quantitative estimate of drug-likeness (QED) is 0.490. The highest BCUT2D eigenvalue weighted by molar-refractivity contribution is 7.99. The van der Waals surface area contributed by atoms with Crippen LogP contribution in [-0.2, 0) is 24.8 Å². The van der Waals surface area contributed by atoms with Crippen LogP contribution in [0.3, 0.4) is 0 Å². The number of nitrogens with one attached hydrogen (secondary N) is 1. The molecule has 0 radical (unpaired) electrons. The summed E-state index contributed by atoms with van der Waals surface area (Å²) in [7, 11) is 1.69. The maximum atomic E-state index is 12.8. The summed E-state index contributed by atoms with van der Waals surface area (Å²) >= 11 is 1.25. The van der Waals surface area contributed by atoms with Crippen molar-refractivity contribution >= 4 is 17.7 Å². The van der Waals surface area contributed by atoms with E-state index in [9.17, 15) is 9.59 Å². The van der Waals surface area contributed by atoms with Crippen LogP contribution in [0.2, 0.25) is 0 Å². The van der Waals surface area contributed by atoms with Gasteiger partial charge in [-0.15, -0.1) is 0 Å².